The number of sulfonamides is 1. The highest BCUT2D eigenvalue weighted by Crippen LogP contribution is 2.22. The molecule has 0 saturated heterocycles. The summed E-state index contributed by atoms with van der Waals surface area (Å²) in [5, 5.41) is 13.2. The van der Waals surface area contributed by atoms with Crippen molar-refractivity contribution < 1.29 is 8.42 Å². The summed E-state index contributed by atoms with van der Waals surface area (Å²) in [5.41, 5.74) is 2.51. The zero-order valence-corrected chi connectivity index (χ0v) is 9.82. The van der Waals surface area contributed by atoms with Gasteiger partial charge in [0.1, 0.15) is 0 Å². The zero-order valence-electron chi connectivity index (χ0n) is 9.01. The highest BCUT2D eigenvalue weighted by atomic mass is 32.2. The van der Waals surface area contributed by atoms with Gasteiger partial charge in [-0.2, -0.15) is 9.73 Å². The molecule has 0 bridgehead atoms. The van der Waals surface area contributed by atoms with Crippen LogP contribution in [0.15, 0.2) is 29.2 Å². The van der Waals surface area contributed by atoms with Crippen LogP contribution in [0.3, 0.4) is 0 Å². The summed E-state index contributed by atoms with van der Waals surface area (Å²) in [7, 11) is -3.68. The molecule has 88 valence electrons. The van der Waals surface area contributed by atoms with E-state index in [1.165, 1.54) is 12.1 Å². The molecule has 0 amide bonds. The van der Waals surface area contributed by atoms with Crippen molar-refractivity contribution in [3.63, 3.8) is 0 Å². The van der Waals surface area contributed by atoms with E-state index in [9.17, 15) is 8.42 Å². The van der Waals surface area contributed by atoms with Crippen molar-refractivity contribution in [1.29, 1.82) is 0 Å². The van der Waals surface area contributed by atoms with Gasteiger partial charge in [0.15, 0.2) is 0 Å². The first kappa shape index (κ1) is 10.3. The Morgan fingerprint density at radius 1 is 1.35 bits per heavy atom. The molecule has 0 saturated carbocycles. The Balaban J connectivity index is 2.38. The summed E-state index contributed by atoms with van der Waals surface area (Å²) >= 11 is 0. The lowest BCUT2D eigenvalue weighted by Crippen LogP contribution is -2.11. The predicted octanol–water partition coefficient (Wildman–Crippen LogP) is 0.771. The molecule has 2 aromatic heterocycles. The first-order chi connectivity index (χ1) is 7.95. The van der Waals surface area contributed by atoms with Crippen LogP contribution in [-0.4, -0.2) is 23.2 Å². The van der Waals surface area contributed by atoms with Gasteiger partial charge in [-0.25, -0.2) is 13.6 Å². The molecule has 17 heavy (non-hydrogen) atoms. The van der Waals surface area contributed by atoms with E-state index in [-0.39, 0.29) is 4.90 Å². The largest absolute Gasteiger partial charge is 0.282 e. The number of rotatable bonds is 1. The Morgan fingerprint density at radius 2 is 2.12 bits per heavy atom. The third-order valence-electron chi connectivity index (χ3n) is 2.65. The van der Waals surface area contributed by atoms with Gasteiger partial charge >= 0.3 is 0 Å². The third kappa shape index (κ3) is 1.51. The summed E-state index contributed by atoms with van der Waals surface area (Å²) in [6, 6.07) is 6.62. The van der Waals surface area contributed by atoms with Gasteiger partial charge in [0.25, 0.3) is 0 Å². The summed E-state index contributed by atoms with van der Waals surface area (Å²) in [6.07, 6.45) is 0. The van der Waals surface area contributed by atoms with Gasteiger partial charge < -0.3 is 0 Å². The summed E-state index contributed by atoms with van der Waals surface area (Å²) < 4.78 is 24.1. The van der Waals surface area contributed by atoms with Crippen LogP contribution in [0, 0.1) is 6.92 Å². The van der Waals surface area contributed by atoms with E-state index in [4.69, 9.17) is 5.14 Å². The predicted molar refractivity (Wildman–Crippen MR) is 63.2 cm³/mol. The lowest BCUT2D eigenvalue weighted by Gasteiger charge is -1.96. The maximum Gasteiger partial charge on any atom is 0.238 e. The Hall–Kier alpha value is -1.86. The van der Waals surface area contributed by atoms with Gasteiger partial charge in [0.05, 0.1) is 15.9 Å². The second-order valence-corrected chi connectivity index (χ2v) is 5.52. The van der Waals surface area contributed by atoms with Gasteiger partial charge in [-0.3, -0.25) is 5.10 Å². The highest BCUT2D eigenvalue weighted by Gasteiger charge is 2.12. The minimum absolute atomic E-state index is 0.0717. The number of H-pyrrole nitrogens is 1. The zero-order chi connectivity index (χ0) is 12.2. The first-order valence-electron chi connectivity index (χ1n) is 4.96. The van der Waals surface area contributed by atoms with Gasteiger partial charge in [0, 0.05) is 11.1 Å². The molecule has 3 aromatic rings. The Kier molecular flexibility index (Phi) is 1.87. The van der Waals surface area contributed by atoms with Crippen molar-refractivity contribution in [3.8, 4) is 0 Å². The smallest absolute Gasteiger partial charge is 0.238 e. The van der Waals surface area contributed by atoms with E-state index in [1.807, 2.05) is 13.0 Å². The summed E-state index contributed by atoms with van der Waals surface area (Å²) in [5.74, 6) is 0. The van der Waals surface area contributed by atoms with Gasteiger partial charge in [-0.05, 0) is 31.2 Å². The molecule has 7 heteroatoms. The first-order valence-corrected chi connectivity index (χ1v) is 6.51. The summed E-state index contributed by atoms with van der Waals surface area (Å²) in [4.78, 5) is 0.0717. The molecule has 0 fully saturated rings. The normalized spacial score (nSPS) is 12.6. The molecule has 3 N–H and O–H groups in total. The second kappa shape index (κ2) is 3.08. The standard InChI is InChI=1S/C10H10N4O2S/c1-6-4-10-8-3-2-7(17(11,15)16)5-9(8)13-14(10)12-6/h2-5,12H,1H3,(H2,11,15,16). The van der Waals surface area contributed by atoms with E-state index in [0.29, 0.717) is 5.52 Å². The van der Waals surface area contributed by atoms with Crippen molar-refractivity contribution >= 4 is 26.4 Å². The van der Waals surface area contributed by atoms with E-state index < -0.39 is 10.0 Å². The minimum Gasteiger partial charge on any atom is -0.282 e. The van der Waals surface area contributed by atoms with Crippen LogP contribution in [0.25, 0.3) is 16.4 Å². The molecule has 0 unspecified atom stereocenters. The molecule has 1 aromatic carbocycles. The fraction of sp³-hybridized carbons (Fsp3) is 0.100. The number of hydrogen-bond donors (Lipinski definition) is 2. The molecule has 2 heterocycles. The molecule has 3 rings (SSSR count). The second-order valence-electron chi connectivity index (χ2n) is 3.96. The number of nitrogens with one attached hydrogen (secondary N) is 1. The van der Waals surface area contributed by atoms with Crippen LogP contribution in [-0.2, 0) is 10.0 Å². The number of aromatic nitrogens is 3. The van der Waals surface area contributed by atoms with Crippen LogP contribution in [0.2, 0.25) is 0 Å². The van der Waals surface area contributed by atoms with Crippen LogP contribution in [0.1, 0.15) is 5.69 Å². The number of fused-ring (bicyclic) bond motifs is 3. The molecule has 0 radical (unpaired) electrons. The molecule has 0 aliphatic heterocycles. The molecular weight excluding hydrogens is 240 g/mol. The van der Waals surface area contributed by atoms with Gasteiger partial charge in [-0.15, -0.1) is 0 Å². The van der Waals surface area contributed by atoms with Crippen LogP contribution < -0.4 is 5.14 Å². The number of nitrogens with zero attached hydrogens (tertiary/aromatic N) is 2. The molecular formula is C10H10N4O2S. The van der Waals surface area contributed by atoms with Crippen LogP contribution >= 0.6 is 0 Å². The number of aryl methyl sites for hydroxylation is 1. The number of hydrogen-bond acceptors (Lipinski definition) is 3. The fourth-order valence-electron chi connectivity index (χ4n) is 1.89. The molecule has 0 atom stereocenters. The average Bonchev–Trinajstić information content (AvgIpc) is 2.71. The minimum atomic E-state index is -3.68. The average molecular weight is 250 g/mol. The van der Waals surface area contributed by atoms with Crippen LogP contribution in [0.4, 0.5) is 0 Å². The monoisotopic (exact) mass is 250 g/mol. The van der Waals surface area contributed by atoms with Gasteiger partial charge in [0.2, 0.25) is 10.0 Å². The molecule has 0 aliphatic rings. The maximum absolute atomic E-state index is 11.2. The lowest BCUT2D eigenvalue weighted by atomic mass is 10.2. The Labute approximate surface area is 97.1 Å². The van der Waals surface area contributed by atoms with E-state index in [0.717, 1.165) is 16.6 Å². The van der Waals surface area contributed by atoms with Crippen molar-refractivity contribution in [2.75, 3.05) is 0 Å². The van der Waals surface area contributed by atoms with E-state index in [1.54, 1.807) is 10.7 Å². The number of aromatic amines is 1. The molecule has 0 spiro atoms. The Morgan fingerprint density at radius 3 is 2.82 bits per heavy atom. The quantitative estimate of drug-likeness (QED) is 0.668. The fourth-order valence-corrected chi connectivity index (χ4v) is 2.43. The third-order valence-corrected chi connectivity index (χ3v) is 3.56. The van der Waals surface area contributed by atoms with Crippen molar-refractivity contribution in [1.82, 2.24) is 14.8 Å². The van der Waals surface area contributed by atoms with Gasteiger partial charge in [-0.1, -0.05) is 0 Å². The van der Waals surface area contributed by atoms with E-state index >= 15 is 0 Å². The van der Waals surface area contributed by atoms with Crippen molar-refractivity contribution in [2.24, 2.45) is 5.14 Å². The number of primary sulfonamides is 1. The number of benzene rings is 1. The van der Waals surface area contributed by atoms with E-state index in [2.05, 4.69) is 10.2 Å². The summed E-state index contributed by atoms with van der Waals surface area (Å²) in [6.45, 7) is 1.93. The maximum atomic E-state index is 11.2. The van der Waals surface area contributed by atoms with Crippen LogP contribution in [0.5, 0.6) is 0 Å². The van der Waals surface area contributed by atoms with Crippen molar-refractivity contribution in [3.05, 3.63) is 30.0 Å². The molecule has 0 aliphatic carbocycles. The Bertz CT molecular complexity index is 829. The highest BCUT2D eigenvalue weighted by molar-refractivity contribution is 7.89. The topological polar surface area (TPSA) is 93.2 Å². The SMILES string of the molecule is Cc1cc2c3ccc(S(N)(=O)=O)cc3nn2[nH]1. The lowest BCUT2D eigenvalue weighted by molar-refractivity contribution is 0.598. The number of nitrogens with two attached hydrogens (primary N) is 1. The molecule has 6 nitrogen and oxygen atoms in total. The van der Waals surface area contributed by atoms with Crippen molar-refractivity contribution in [2.45, 2.75) is 11.8 Å².